The minimum absolute atomic E-state index is 0.0180. The van der Waals surface area contributed by atoms with Crippen molar-refractivity contribution in [2.45, 2.75) is 51.7 Å². The molecule has 4 atom stereocenters. The molecule has 2 fully saturated rings. The van der Waals surface area contributed by atoms with Crippen molar-refractivity contribution in [2.75, 3.05) is 13.1 Å². The molecule has 3 aromatic rings. The van der Waals surface area contributed by atoms with Crippen molar-refractivity contribution in [3.05, 3.63) is 47.5 Å². The molecule has 5 rings (SSSR count). The van der Waals surface area contributed by atoms with Crippen molar-refractivity contribution in [1.29, 1.82) is 0 Å². The number of imidazole rings is 1. The highest BCUT2D eigenvalue weighted by molar-refractivity contribution is 5.77. The summed E-state index contributed by atoms with van der Waals surface area (Å²) in [4.78, 5) is 19.5. The number of hydrogen-bond acceptors (Lipinski definition) is 4. The van der Waals surface area contributed by atoms with E-state index in [-0.39, 0.29) is 11.9 Å². The fourth-order valence-electron chi connectivity index (χ4n) is 5.72. The van der Waals surface area contributed by atoms with Crippen molar-refractivity contribution in [3.8, 4) is 0 Å². The lowest BCUT2D eigenvalue weighted by atomic mass is 9.77. The lowest BCUT2D eigenvalue weighted by Gasteiger charge is -2.36. The van der Waals surface area contributed by atoms with Gasteiger partial charge in [0.15, 0.2) is 0 Å². The van der Waals surface area contributed by atoms with Gasteiger partial charge in [-0.15, -0.1) is 0 Å². The van der Waals surface area contributed by atoms with Gasteiger partial charge < -0.3 is 14.6 Å². The molecule has 1 aliphatic heterocycles. The van der Waals surface area contributed by atoms with Crippen LogP contribution in [0.1, 0.15) is 42.3 Å². The van der Waals surface area contributed by atoms with E-state index in [9.17, 15) is 9.90 Å². The standard InChI is InChI=1S/C24H31N5O2/c1-15-19(16(2)27(3)26-15)8-9-24(31)28-12-17-10-22(23(30)11-18(17)13-28)29-14-25-20-6-4-5-7-21(20)29/h4-7,14,17-18,22-23,30H,8-13H2,1-3H3/t17-,18+,22-,23-/m1/s1. The van der Waals surface area contributed by atoms with Crippen LogP contribution in [-0.2, 0) is 18.3 Å². The number of aromatic nitrogens is 4. The van der Waals surface area contributed by atoms with Crippen molar-refractivity contribution in [1.82, 2.24) is 24.2 Å². The fourth-order valence-corrected chi connectivity index (χ4v) is 5.72. The van der Waals surface area contributed by atoms with Crippen molar-refractivity contribution >= 4 is 16.9 Å². The van der Waals surface area contributed by atoms with E-state index < -0.39 is 6.10 Å². The number of likely N-dealkylation sites (tertiary alicyclic amines) is 1. The molecule has 2 aromatic heterocycles. The maximum absolute atomic E-state index is 13.0. The molecule has 1 N–H and O–H groups in total. The number of rotatable bonds is 4. The molecule has 0 unspecified atom stereocenters. The number of carbonyl (C=O) groups is 1. The van der Waals surface area contributed by atoms with E-state index in [1.807, 2.05) is 48.1 Å². The van der Waals surface area contributed by atoms with Gasteiger partial charge >= 0.3 is 0 Å². The van der Waals surface area contributed by atoms with Gasteiger partial charge in [-0.25, -0.2) is 4.98 Å². The second kappa shape index (κ2) is 7.79. The Bertz CT molecular complexity index is 1120. The molecule has 0 spiro atoms. The van der Waals surface area contributed by atoms with E-state index in [0.717, 1.165) is 54.8 Å². The predicted molar refractivity (Wildman–Crippen MR) is 119 cm³/mol. The molecule has 7 nitrogen and oxygen atoms in total. The lowest BCUT2D eigenvalue weighted by Crippen LogP contribution is -2.36. The first kappa shape index (κ1) is 20.2. The van der Waals surface area contributed by atoms with E-state index >= 15 is 0 Å². The van der Waals surface area contributed by atoms with Crippen LogP contribution in [0.2, 0.25) is 0 Å². The van der Waals surface area contributed by atoms with E-state index in [0.29, 0.717) is 18.3 Å². The van der Waals surface area contributed by atoms with E-state index in [4.69, 9.17) is 0 Å². The SMILES string of the molecule is Cc1nn(C)c(C)c1CCC(=O)N1C[C@H]2C[C@@H](n3cnc4ccccc43)[C@H](O)C[C@H]2C1. The lowest BCUT2D eigenvalue weighted by molar-refractivity contribution is -0.130. The summed E-state index contributed by atoms with van der Waals surface area (Å²) in [5.41, 5.74) is 5.37. The summed E-state index contributed by atoms with van der Waals surface area (Å²) < 4.78 is 4.02. The van der Waals surface area contributed by atoms with Crippen LogP contribution in [0.3, 0.4) is 0 Å². The Labute approximate surface area is 182 Å². The first-order valence-electron chi connectivity index (χ1n) is 11.3. The molecule has 31 heavy (non-hydrogen) atoms. The van der Waals surface area contributed by atoms with E-state index in [2.05, 4.69) is 27.6 Å². The van der Waals surface area contributed by atoms with E-state index in [1.165, 1.54) is 5.56 Å². The molecular formula is C24H31N5O2. The van der Waals surface area contributed by atoms with Gasteiger partial charge in [0, 0.05) is 32.3 Å². The normalized spacial score (nSPS) is 25.9. The highest BCUT2D eigenvalue weighted by Crippen LogP contribution is 2.42. The number of nitrogens with zero attached hydrogens (tertiary/aromatic N) is 5. The van der Waals surface area contributed by atoms with E-state index in [1.54, 1.807) is 0 Å². The zero-order valence-electron chi connectivity index (χ0n) is 18.5. The average molecular weight is 422 g/mol. The molecular weight excluding hydrogens is 390 g/mol. The Morgan fingerprint density at radius 1 is 1.16 bits per heavy atom. The Morgan fingerprint density at radius 2 is 1.90 bits per heavy atom. The number of fused-ring (bicyclic) bond motifs is 2. The van der Waals surface area contributed by atoms with Crippen molar-refractivity contribution in [2.24, 2.45) is 18.9 Å². The second-order valence-corrected chi connectivity index (χ2v) is 9.34. The van der Waals surface area contributed by atoms with Crippen LogP contribution in [0.15, 0.2) is 30.6 Å². The molecule has 0 radical (unpaired) electrons. The van der Waals surface area contributed by atoms with Crippen molar-refractivity contribution in [3.63, 3.8) is 0 Å². The minimum Gasteiger partial charge on any atom is -0.391 e. The summed E-state index contributed by atoms with van der Waals surface area (Å²) in [5, 5.41) is 15.4. The number of aryl methyl sites for hydroxylation is 2. The minimum atomic E-state index is -0.408. The topological polar surface area (TPSA) is 76.2 Å². The van der Waals surface area contributed by atoms with Gasteiger partial charge in [0.1, 0.15) is 0 Å². The molecule has 1 aliphatic carbocycles. The largest absolute Gasteiger partial charge is 0.391 e. The Hall–Kier alpha value is -2.67. The van der Waals surface area contributed by atoms with Crippen LogP contribution in [0.4, 0.5) is 0 Å². The molecule has 2 aliphatic rings. The third-order valence-corrected chi connectivity index (χ3v) is 7.55. The number of aliphatic hydroxyl groups is 1. The highest BCUT2D eigenvalue weighted by Gasteiger charge is 2.43. The molecule has 3 heterocycles. The third-order valence-electron chi connectivity index (χ3n) is 7.55. The van der Waals surface area contributed by atoms with Gasteiger partial charge in [0.2, 0.25) is 5.91 Å². The Morgan fingerprint density at radius 3 is 2.65 bits per heavy atom. The first-order valence-corrected chi connectivity index (χ1v) is 11.3. The van der Waals surface area contributed by atoms with Gasteiger partial charge in [-0.1, -0.05) is 12.1 Å². The number of hydrogen-bond donors (Lipinski definition) is 1. The van der Waals surface area contributed by atoms with Crippen molar-refractivity contribution < 1.29 is 9.90 Å². The Balaban J connectivity index is 1.25. The quantitative estimate of drug-likeness (QED) is 0.703. The average Bonchev–Trinajstić information content (AvgIpc) is 3.42. The Kier molecular flexibility index (Phi) is 5.08. The molecule has 1 amide bonds. The third kappa shape index (κ3) is 3.55. The predicted octanol–water partition coefficient (Wildman–Crippen LogP) is 2.79. The van der Waals surface area contributed by atoms with Crippen LogP contribution < -0.4 is 0 Å². The van der Waals surface area contributed by atoms with Gasteiger partial charge in [-0.3, -0.25) is 9.48 Å². The van der Waals surface area contributed by atoms with Gasteiger partial charge in [0.25, 0.3) is 0 Å². The van der Waals surface area contributed by atoms with Crippen LogP contribution >= 0.6 is 0 Å². The number of benzene rings is 1. The monoisotopic (exact) mass is 421 g/mol. The summed E-state index contributed by atoms with van der Waals surface area (Å²) in [7, 11) is 1.95. The zero-order chi connectivity index (χ0) is 21.7. The van der Waals surface area contributed by atoms with Crippen LogP contribution in [-0.4, -0.2) is 54.4 Å². The molecule has 0 bridgehead atoms. The highest BCUT2D eigenvalue weighted by atomic mass is 16.3. The van der Waals surface area contributed by atoms with Crippen LogP contribution in [0, 0.1) is 25.7 Å². The number of carbonyl (C=O) groups excluding carboxylic acids is 1. The summed E-state index contributed by atoms with van der Waals surface area (Å²) >= 11 is 0. The molecule has 7 heteroatoms. The first-order chi connectivity index (χ1) is 14.9. The summed E-state index contributed by atoms with van der Waals surface area (Å²) in [6.07, 6.45) is 4.33. The molecule has 164 valence electrons. The zero-order valence-corrected chi connectivity index (χ0v) is 18.5. The molecule has 1 aromatic carbocycles. The molecule has 1 saturated heterocycles. The number of para-hydroxylation sites is 2. The fraction of sp³-hybridized carbons (Fsp3) is 0.542. The van der Waals surface area contributed by atoms with Crippen LogP contribution in [0.25, 0.3) is 11.0 Å². The van der Waals surface area contributed by atoms with Crippen LogP contribution in [0.5, 0.6) is 0 Å². The molecule has 1 saturated carbocycles. The summed E-state index contributed by atoms with van der Waals surface area (Å²) in [5.74, 6) is 1.03. The maximum atomic E-state index is 13.0. The van der Waals surface area contributed by atoms with Gasteiger partial charge in [-0.2, -0.15) is 5.10 Å². The van der Waals surface area contributed by atoms with Gasteiger partial charge in [0.05, 0.1) is 35.2 Å². The second-order valence-electron chi connectivity index (χ2n) is 9.34. The smallest absolute Gasteiger partial charge is 0.222 e. The maximum Gasteiger partial charge on any atom is 0.222 e. The number of aliphatic hydroxyl groups excluding tert-OH is 1. The summed E-state index contributed by atoms with van der Waals surface area (Å²) in [6, 6.07) is 8.09. The van der Waals surface area contributed by atoms with Gasteiger partial charge in [-0.05, 0) is 62.6 Å². The summed E-state index contributed by atoms with van der Waals surface area (Å²) in [6.45, 7) is 5.64. The number of amides is 1.